The number of fused-ring (bicyclic) bond motifs is 2. The first kappa shape index (κ1) is 39.0. The van der Waals surface area contributed by atoms with Crippen LogP contribution < -0.4 is 20.4 Å². The van der Waals surface area contributed by atoms with Crippen LogP contribution in [0.4, 0.5) is 26.4 Å². The molecule has 1 aromatic carbocycles. The van der Waals surface area contributed by atoms with Crippen molar-refractivity contribution >= 4 is 57.4 Å². The molecule has 310 valence electrons. The second-order valence-corrected chi connectivity index (χ2v) is 16.7. The second-order valence-electron chi connectivity index (χ2n) is 16.7. The number of amides is 5. The molecule has 17 nitrogen and oxygen atoms in total. The van der Waals surface area contributed by atoms with Crippen molar-refractivity contribution in [1.29, 1.82) is 5.26 Å². The maximum atomic E-state index is 15.0. The Labute approximate surface area is 344 Å². The van der Waals surface area contributed by atoms with Gasteiger partial charge in [-0.15, -0.1) is 0 Å². The molecule has 0 radical (unpaired) electrons. The number of hydrogen-bond acceptors (Lipinski definition) is 11. The number of nitrogens with zero attached hydrogens (tertiary/aromatic N) is 10. The molecule has 5 amide bonds. The molecule has 3 N–H and O–H groups in total. The van der Waals surface area contributed by atoms with Gasteiger partial charge in [-0.3, -0.25) is 34.2 Å². The van der Waals surface area contributed by atoms with E-state index in [1.807, 2.05) is 32.8 Å². The maximum Gasteiger partial charge on any atom is 0.329 e. The molecule has 7 heterocycles. The lowest BCUT2D eigenvalue weighted by Crippen LogP contribution is -2.59. The van der Waals surface area contributed by atoms with Crippen molar-refractivity contribution in [3.8, 4) is 6.07 Å². The van der Waals surface area contributed by atoms with Gasteiger partial charge in [-0.2, -0.15) is 15.5 Å². The number of pyridine rings is 1. The van der Waals surface area contributed by atoms with Crippen LogP contribution in [-0.4, -0.2) is 115 Å². The molecular weight excluding hydrogens is 772 g/mol. The van der Waals surface area contributed by atoms with Gasteiger partial charge >= 0.3 is 6.03 Å². The minimum Gasteiger partial charge on any atom is -0.386 e. The topological polar surface area (TPSA) is 197 Å². The highest BCUT2D eigenvalue weighted by atomic mass is 19.1. The van der Waals surface area contributed by atoms with E-state index in [-0.39, 0.29) is 36.7 Å². The Morgan fingerprint density at radius 1 is 0.983 bits per heavy atom. The first-order valence-electron chi connectivity index (χ1n) is 20.3. The Morgan fingerprint density at radius 2 is 1.73 bits per heavy atom. The van der Waals surface area contributed by atoms with Gasteiger partial charge < -0.3 is 20.2 Å². The van der Waals surface area contributed by atoms with Crippen LogP contribution >= 0.6 is 0 Å². The Morgan fingerprint density at radius 3 is 2.43 bits per heavy atom. The van der Waals surface area contributed by atoms with E-state index >= 15 is 0 Å². The fourth-order valence-corrected chi connectivity index (χ4v) is 8.96. The molecule has 18 heteroatoms. The van der Waals surface area contributed by atoms with E-state index < -0.39 is 29.3 Å². The Balaban J connectivity index is 0.774. The lowest BCUT2D eigenvalue weighted by Gasteiger charge is -2.45. The second kappa shape index (κ2) is 15.3. The van der Waals surface area contributed by atoms with Gasteiger partial charge in [-0.25, -0.2) is 18.7 Å². The average molecular weight is 817 g/mol. The number of imide groups is 1. The third kappa shape index (κ3) is 7.39. The largest absolute Gasteiger partial charge is 0.386 e. The summed E-state index contributed by atoms with van der Waals surface area (Å²) >= 11 is 0. The molecule has 0 bridgehead atoms. The summed E-state index contributed by atoms with van der Waals surface area (Å²) in [5, 5.41) is 35.5. The van der Waals surface area contributed by atoms with Gasteiger partial charge in [0, 0.05) is 87.2 Å². The van der Waals surface area contributed by atoms with E-state index in [0.717, 1.165) is 54.6 Å². The average Bonchev–Trinajstić information content (AvgIpc) is 3.84. The van der Waals surface area contributed by atoms with Crippen molar-refractivity contribution in [3.63, 3.8) is 0 Å². The number of aliphatic hydroxyl groups is 1. The lowest BCUT2D eigenvalue weighted by atomic mass is 9.89. The Hall–Kier alpha value is -6.45. The fraction of sp³-hybridized carbons (Fsp3) is 0.429. The molecule has 3 aliphatic heterocycles. The maximum absolute atomic E-state index is 15.0. The molecule has 1 saturated carbocycles. The van der Waals surface area contributed by atoms with E-state index in [9.17, 15) is 33.9 Å². The number of piperazine rings is 1. The normalized spacial score (nSPS) is 20.6. The molecule has 0 atom stereocenters. The molecular formula is C42H45FN12O5. The highest BCUT2D eigenvalue weighted by Crippen LogP contribution is 2.36. The molecule has 9 rings (SSSR count). The van der Waals surface area contributed by atoms with Crippen LogP contribution in [0.2, 0.25) is 0 Å². The van der Waals surface area contributed by atoms with Crippen molar-refractivity contribution in [3.05, 3.63) is 77.6 Å². The molecule has 5 aromatic rings. The smallest absolute Gasteiger partial charge is 0.329 e. The first-order chi connectivity index (χ1) is 28.8. The van der Waals surface area contributed by atoms with E-state index in [4.69, 9.17) is 5.10 Å². The summed E-state index contributed by atoms with van der Waals surface area (Å²) in [6, 6.07) is 12.0. The van der Waals surface area contributed by atoms with Crippen molar-refractivity contribution in [2.75, 3.05) is 60.9 Å². The Kier molecular flexibility index (Phi) is 9.95. The third-order valence-electron chi connectivity index (χ3n) is 12.3. The van der Waals surface area contributed by atoms with Crippen molar-refractivity contribution in [2.45, 2.75) is 63.6 Å². The number of rotatable bonds is 8. The zero-order valence-electron chi connectivity index (χ0n) is 33.3. The van der Waals surface area contributed by atoms with E-state index in [2.05, 4.69) is 31.7 Å². The predicted octanol–water partition coefficient (Wildman–Crippen LogP) is 3.78. The standard InChI is InChI=1S/C42H45FN12O5/c1-42(2,60)32-18-34-26(16-35(32)47-39(57)36-8-7-30-15-25(19-44)20-46-55(30)36)24-54(49-34)29-5-3-28(4-6-29)50-11-13-51(14-12-50)40(58)27-22-52(23-27)31-17-33(43)38(45-21-31)53-10-9-37(56)48-41(53)59/h7-8,15-18,20-21,24,27-29,60H,3-6,9-14,22-23H2,1-2H3,(H,47,57)(H,48,56,59). The number of aromatic nitrogens is 5. The lowest BCUT2D eigenvalue weighted by molar-refractivity contribution is -0.138. The van der Waals surface area contributed by atoms with Crippen LogP contribution in [0.3, 0.4) is 0 Å². The van der Waals surface area contributed by atoms with Crippen molar-refractivity contribution in [2.24, 2.45) is 5.92 Å². The van der Waals surface area contributed by atoms with Crippen LogP contribution in [0, 0.1) is 23.1 Å². The molecule has 0 unspecified atom stereocenters. The molecule has 1 aliphatic carbocycles. The van der Waals surface area contributed by atoms with Gasteiger partial charge in [0.05, 0.1) is 52.2 Å². The van der Waals surface area contributed by atoms with Gasteiger partial charge in [0.25, 0.3) is 5.91 Å². The number of hydrogen-bond donors (Lipinski definition) is 3. The summed E-state index contributed by atoms with van der Waals surface area (Å²) in [4.78, 5) is 62.2. The number of benzene rings is 1. The van der Waals surface area contributed by atoms with Crippen LogP contribution in [0.5, 0.6) is 0 Å². The number of urea groups is 1. The van der Waals surface area contributed by atoms with Crippen molar-refractivity contribution < 1.29 is 28.7 Å². The highest BCUT2D eigenvalue weighted by Gasteiger charge is 2.38. The minimum atomic E-state index is -1.26. The summed E-state index contributed by atoms with van der Waals surface area (Å²) in [5.41, 5.74) is 2.34. The number of anilines is 3. The summed E-state index contributed by atoms with van der Waals surface area (Å²) in [7, 11) is 0. The summed E-state index contributed by atoms with van der Waals surface area (Å²) in [5.74, 6) is -1.65. The Bertz CT molecular complexity index is 2570. The number of carbonyl (C=O) groups excluding carboxylic acids is 4. The van der Waals surface area contributed by atoms with Gasteiger partial charge in [-0.1, -0.05) is 0 Å². The molecule has 60 heavy (non-hydrogen) atoms. The zero-order chi connectivity index (χ0) is 41.9. The van der Waals surface area contributed by atoms with Crippen LogP contribution in [0.15, 0.2) is 55.0 Å². The number of nitrogens with one attached hydrogen (secondary N) is 2. The van der Waals surface area contributed by atoms with Crippen LogP contribution in [-0.2, 0) is 15.2 Å². The summed E-state index contributed by atoms with van der Waals surface area (Å²) in [6.45, 7) is 7.27. The van der Waals surface area contributed by atoms with Crippen molar-refractivity contribution in [1.82, 2.24) is 39.5 Å². The highest BCUT2D eigenvalue weighted by molar-refractivity contribution is 6.06. The number of nitriles is 1. The van der Waals surface area contributed by atoms with E-state index in [0.29, 0.717) is 65.9 Å². The molecule has 4 fully saturated rings. The van der Waals surface area contributed by atoms with Gasteiger partial charge in [0.2, 0.25) is 11.8 Å². The fourth-order valence-electron chi connectivity index (χ4n) is 8.96. The van der Waals surface area contributed by atoms with Crippen LogP contribution in [0.1, 0.15) is 73.6 Å². The number of carbonyl (C=O) groups is 4. The quantitative estimate of drug-likeness (QED) is 0.206. The number of halogens is 1. The molecule has 4 aliphatic rings. The summed E-state index contributed by atoms with van der Waals surface area (Å²) in [6.07, 6.45) is 8.89. The predicted molar refractivity (Wildman–Crippen MR) is 218 cm³/mol. The summed E-state index contributed by atoms with van der Waals surface area (Å²) < 4.78 is 18.5. The SMILES string of the molecule is CC(C)(O)c1cc2nn(C3CCC(N4CCN(C(=O)C5CN(c6cnc(N7CCC(=O)NC7=O)c(F)c6)C5)CC4)CC3)cc2cc1NC(=O)c1ccc2cc(C#N)cnn12. The van der Waals surface area contributed by atoms with Gasteiger partial charge in [-0.05, 0) is 69.9 Å². The third-order valence-corrected chi connectivity index (χ3v) is 12.3. The molecule has 4 aromatic heterocycles. The van der Waals surface area contributed by atoms with E-state index in [1.54, 1.807) is 32.0 Å². The van der Waals surface area contributed by atoms with Gasteiger partial charge in [0.15, 0.2) is 11.6 Å². The molecule has 0 spiro atoms. The minimum absolute atomic E-state index is 0.0604. The monoisotopic (exact) mass is 816 g/mol. The first-order valence-corrected chi connectivity index (χ1v) is 20.3. The van der Waals surface area contributed by atoms with E-state index in [1.165, 1.54) is 23.0 Å². The van der Waals surface area contributed by atoms with Gasteiger partial charge in [0.1, 0.15) is 11.8 Å². The molecule has 3 saturated heterocycles. The van der Waals surface area contributed by atoms with Crippen LogP contribution in [0.25, 0.3) is 16.4 Å². The zero-order valence-corrected chi connectivity index (χ0v) is 33.3.